The van der Waals surface area contributed by atoms with Crippen LogP contribution in [0.2, 0.25) is 0 Å². The predicted molar refractivity (Wildman–Crippen MR) is 56.8 cm³/mol. The van der Waals surface area contributed by atoms with E-state index in [-0.39, 0.29) is 6.10 Å². The molecule has 2 N–H and O–H groups in total. The van der Waals surface area contributed by atoms with E-state index in [9.17, 15) is 0 Å². The normalized spacial score (nSPS) is 14.1. The highest BCUT2D eigenvalue weighted by Crippen LogP contribution is 2.00. The summed E-state index contributed by atoms with van der Waals surface area (Å²) in [5.41, 5.74) is 5.53. The first-order chi connectivity index (χ1) is 6.10. The smallest absolute Gasteiger partial charge is 0.0705 e. The van der Waals surface area contributed by atoms with Crippen molar-refractivity contribution in [2.45, 2.75) is 26.4 Å². The molecule has 0 saturated carbocycles. The summed E-state index contributed by atoms with van der Waals surface area (Å²) in [5.74, 6) is 0.726. The molecule has 0 spiro atoms. The molecule has 0 radical (unpaired) electrons. The Hall–Kier alpha value is -0.120. The van der Waals surface area contributed by atoms with Gasteiger partial charge in [0.25, 0.3) is 0 Å². The molecule has 13 heavy (non-hydrogen) atoms. The quantitative estimate of drug-likeness (QED) is 0.646. The fraction of sp³-hybridized carbons (Fsp3) is 1.00. The van der Waals surface area contributed by atoms with Gasteiger partial charge in [-0.25, -0.2) is 0 Å². The van der Waals surface area contributed by atoms with Gasteiger partial charge in [-0.15, -0.1) is 0 Å². The van der Waals surface area contributed by atoms with Gasteiger partial charge in [-0.05, 0) is 19.4 Å². The molecule has 0 heterocycles. The van der Waals surface area contributed by atoms with E-state index in [2.05, 4.69) is 25.8 Å². The standard InChI is InChI=1S/C10H24N2O/c1-9(2)8-12(3)6-5-10(7-11)13-4/h9-10H,5-8,11H2,1-4H3. The maximum absolute atomic E-state index is 5.53. The fourth-order valence-corrected chi connectivity index (χ4v) is 1.41. The summed E-state index contributed by atoms with van der Waals surface area (Å²) in [5, 5.41) is 0. The Morgan fingerprint density at radius 2 is 2.00 bits per heavy atom. The highest BCUT2D eigenvalue weighted by Gasteiger charge is 2.07. The van der Waals surface area contributed by atoms with Crippen molar-refractivity contribution in [3.63, 3.8) is 0 Å². The molecule has 0 fully saturated rings. The Bertz CT molecular complexity index is 113. The van der Waals surface area contributed by atoms with E-state index in [4.69, 9.17) is 10.5 Å². The van der Waals surface area contributed by atoms with Crippen molar-refractivity contribution in [1.29, 1.82) is 0 Å². The van der Waals surface area contributed by atoms with Gasteiger partial charge in [0.05, 0.1) is 6.10 Å². The zero-order valence-electron chi connectivity index (χ0n) is 9.42. The maximum atomic E-state index is 5.53. The fourth-order valence-electron chi connectivity index (χ4n) is 1.41. The molecular weight excluding hydrogens is 164 g/mol. The molecule has 0 aromatic rings. The number of hydrogen-bond donors (Lipinski definition) is 1. The minimum Gasteiger partial charge on any atom is -0.380 e. The Labute approximate surface area is 82.2 Å². The molecule has 80 valence electrons. The van der Waals surface area contributed by atoms with Crippen molar-refractivity contribution >= 4 is 0 Å². The van der Waals surface area contributed by atoms with Crippen LogP contribution in [0.1, 0.15) is 20.3 Å². The van der Waals surface area contributed by atoms with Crippen LogP contribution in [0.5, 0.6) is 0 Å². The van der Waals surface area contributed by atoms with Crippen molar-refractivity contribution < 1.29 is 4.74 Å². The van der Waals surface area contributed by atoms with Gasteiger partial charge in [0, 0.05) is 26.7 Å². The van der Waals surface area contributed by atoms with Gasteiger partial charge in [0.15, 0.2) is 0 Å². The molecule has 1 atom stereocenters. The Morgan fingerprint density at radius 1 is 1.38 bits per heavy atom. The summed E-state index contributed by atoms with van der Waals surface area (Å²) in [6, 6.07) is 0. The molecule has 0 aromatic carbocycles. The highest BCUT2D eigenvalue weighted by atomic mass is 16.5. The monoisotopic (exact) mass is 188 g/mol. The van der Waals surface area contributed by atoms with Gasteiger partial charge in [0.1, 0.15) is 0 Å². The third-order valence-electron chi connectivity index (χ3n) is 2.11. The summed E-state index contributed by atoms with van der Waals surface area (Å²) in [6.07, 6.45) is 1.24. The van der Waals surface area contributed by atoms with Gasteiger partial charge >= 0.3 is 0 Å². The van der Waals surface area contributed by atoms with Gasteiger partial charge < -0.3 is 15.4 Å². The molecule has 3 heteroatoms. The lowest BCUT2D eigenvalue weighted by molar-refractivity contribution is 0.0914. The second kappa shape index (κ2) is 7.30. The van der Waals surface area contributed by atoms with Crippen LogP contribution in [0.3, 0.4) is 0 Å². The van der Waals surface area contributed by atoms with Crippen molar-refractivity contribution in [3.05, 3.63) is 0 Å². The molecule has 0 rings (SSSR count). The number of nitrogens with two attached hydrogens (primary N) is 1. The summed E-state index contributed by atoms with van der Waals surface area (Å²) in [4.78, 5) is 2.33. The van der Waals surface area contributed by atoms with Crippen LogP contribution < -0.4 is 5.73 Å². The highest BCUT2D eigenvalue weighted by molar-refractivity contribution is 4.62. The summed E-state index contributed by atoms with van der Waals surface area (Å²) < 4.78 is 5.20. The molecule has 0 aliphatic heterocycles. The van der Waals surface area contributed by atoms with Gasteiger partial charge in [0.2, 0.25) is 0 Å². The second-order valence-electron chi connectivity index (χ2n) is 4.04. The van der Waals surface area contributed by atoms with E-state index in [1.54, 1.807) is 7.11 Å². The lowest BCUT2D eigenvalue weighted by Gasteiger charge is -2.21. The van der Waals surface area contributed by atoms with E-state index < -0.39 is 0 Å². The summed E-state index contributed by atoms with van der Waals surface area (Å²) >= 11 is 0. The number of rotatable bonds is 7. The minimum atomic E-state index is 0.217. The van der Waals surface area contributed by atoms with Crippen LogP contribution in [0.4, 0.5) is 0 Å². The van der Waals surface area contributed by atoms with Crippen LogP contribution in [0, 0.1) is 5.92 Å². The lowest BCUT2D eigenvalue weighted by atomic mass is 10.2. The first-order valence-electron chi connectivity index (χ1n) is 5.01. The van der Waals surface area contributed by atoms with E-state index in [0.29, 0.717) is 6.54 Å². The molecule has 0 aliphatic rings. The van der Waals surface area contributed by atoms with Gasteiger partial charge in [-0.3, -0.25) is 0 Å². The van der Waals surface area contributed by atoms with Crippen LogP contribution in [0.15, 0.2) is 0 Å². The molecular formula is C10H24N2O. The topological polar surface area (TPSA) is 38.5 Å². The van der Waals surface area contributed by atoms with Crippen LogP contribution in [-0.2, 0) is 4.74 Å². The number of methoxy groups -OCH3 is 1. The number of nitrogens with zero attached hydrogens (tertiary/aromatic N) is 1. The third kappa shape index (κ3) is 6.99. The number of hydrogen-bond acceptors (Lipinski definition) is 3. The summed E-state index contributed by atoms with van der Waals surface area (Å²) in [6.45, 7) is 7.28. The van der Waals surface area contributed by atoms with Crippen LogP contribution >= 0.6 is 0 Å². The molecule has 1 unspecified atom stereocenters. The van der Waals surface area contributed by atoms with Crippen molar-refractivity contribution in [3.8, 4) is 0 Å². The maximum Gasteiger partial charge on any atom is 0.0705 e. The zero-order valence-corrected chi connectivity index (χ0v) is 9.42. The van der Waals surface area contributed by atoms with Gasteiger partial charge in [-0.2, -0.15) is 0 Å². The molecule has 0 aliphatic carbocycles. The van der Waals surface area contributed by atoms with E-state index in [1.807, 2.05) is 0 Å². The Kier molecular flexibility index (Phi) is 7.23. The number of ether oxygens (including phenoxy) is 1. The molecule has 0 bridgehead atoms. The largest absolute Gasteiger partial charge is 0.380 e. The van der Waals surface area contributed by atoms with Crippen molar-refractivity contribution in [2.24, 2.45) is 11.7 Å². The minimum absolute atomic E-state index is 0.217. The zero-order chi connectivity index (χ0) is 10.3. The SMILES string of the molecule is COC(CN)CCN(C)CC(C)C. The molecule has 0 aromatic heterocycles. The van der Waals surface area contributed by atoms with Crippen molar-refractivity contribution in [1.82, 2.24) is 4.90 Å². The Balaban J connectivity index is 3.49. The van der Waals surface area contributed by atoms with Crippen LogP contribution in [0.25, 0.3) is 0 Å². The predicted octanol–water partition coefficient (Wildman–Crippen LogP) is 0.938. The average Bonchev–Trinajstić information content (AvgIpc) is 2.05. The van der Waals surface area contributed by atoms with Crippen LogP contribution in [-0.4, -0.2) is 44.8 Å². The second-order valence-corrected chi connectivity index (χ2v) is 4.04. The van der Waals surface area contributed by atoms with E-state index in [1.165, 1.54) is 0 Å². The lowest BCUT2D eigenvalue weighted by Crippen LogP contribution is -2.30. The molecule has 3 nitrogen and oxygen atoms in total. The van der Waals surface area contributed by atoms with Crippen molar-refractivity contribution in [2.75, 3.05) is 33.8 Å². The molecule has 0 amide bonds. The first-order valence-corrected chi connectivity index (χ1v) is 5.01. The van der Waals surface area contributed by atoms with E-state index >= 15 is 0 Å². The van der Waals surface area contributed by atoms with E-state index in [0.717, 1.165) is 25.4 Å². The Morgan fingerprint density at radius 3 is 2.38 bits per heavy atom. The average molecular weight is 188 g/mol. The first kappa shape index (κ1) is 12.9. The molecule has 0 saturated heterocycles. The summed E-state index contributed by atoms with van der Waals surface area (Å²) in [7, 11) is 3.86. The third-order valence-corrected chi connectivity index (χ3v) is 2.11. The van der Waals surface area contributed by atoms with Gasteiger partial charge in [-0.1, -0.05) is 13.8 Å².